The first-order valence-electron chi connectivity index (χ1n) is 5.68. The second kappa shape index (κ2) is 6.95. The molecule has 116 valence electrons. The summed E-state index contributed by atoms with van der Waals surface area (Å²) >= 11 is 0. The van der Waals surface area contributed by atoms with E-state index in [0.717, 1.165) is 5.52 Å². The van der Waals surface area contributed by atoms with Gasteiger partial charge < -0.3 is 21.6 Å². The van der Waals surface area contributed by atoms with E-state index in [-0.39, 0.29) is 6.04 Å². The standard InChI is InChI=1S/C8H12N6.C2HF3O2/c9-3-1-5(10)7-12-6-2-4-11-14-8(6)13-7;3-2(4,5)1(6)7/h2,4-5H,1,3,9-10H2,(H,12,13,14);(H,6,7). The number of carboxylic acids is 1. The number of aromatic nitrogens is 4. The number of aromatic amines is 1. The van der Waals surface area contributed by atoms with Gasteiger partial charge in [-0.2, -0.15) is 18.3 Å². The summed E-state index contributed by atoms with van der Waals surface area (Å²) < 4.78 is 31.7. The van der Waals surface area contributed by atoms with E-state index in [0.29, 0.717) is 24.4 Å². The molecule has 2 aromatic rings. The van der Waals surface area contributed by atoms with Gasteiger partial charge in [-0.3, -0.25) is 0 Å². The summed E-state index contributed by atoms with van der Waals surface area (Å²) in [4.78, 5) is 16.2. The normalized spacial score (nSPS) is 12.6. The van der Waals surface area contributed by atoms with Crippen LogP contribution in [0.3, 0.4) is 0 Å². The monoisotopic (exact) mass is 306 g/mol. The van der Waals surface area contributed by atoms with E-state index in [9.17, 15) is 13.2 Å². The predicted molar refractivity (Wildman–Crippen MR) is 66.0 cm³/mol. The van der Waals surface area contributed by atoms with Crippen molar-refractivity contribution in [1.29, 1.82) is 0 Å². The average molecular weight is 306 g/mol. The molecule has 0 bridgehead atoms. The number of nitrogens with two attached hydrogens (primary N) is 2. The number of carbonyl (C=O) groups is 1. The molecule has 2 heterocycles. The van der Waals surface area contributed by atoms with Crippen LogP contribution in [0.25, 0.3) is 11.2 Å². The molecule has 0 aromatic carbocycles. The Balaban J connectivity index is 0.000000270. The molecule has 0 spiro atoms. The molecule has 0 saturated heterocycles. The fourth-order valence-corrected chi connectivity index (χ4v) is 1.28. The van der Waals surface area contributed by atoms with Gasteiger partial charge in [-0.05, 0) is 19.0 Å². The molecule has 2 rings (SSSR count). The van der Waals surface area contributed by atoms with Gasteiger partial charge in [0.05, 0.1) is 17.8 Å². The minimum absolute atomic E-state index is 0.158. The number of fused-ring (bicyclic) bond motifs is 1. The minimum Gasteiger partial charge on any atom is -0.475 e. The van der Waals surface area contributed by atoms with Crippen molar-refractivity contribution in [2.24, 2.45) is 11.5 Å². The van der Waals surface area contributed by atoms with E-state index in [2.05, 4.69) is 20.2 Å². The number of alkyl halides is 3. The van der Waals surface area contributed by atoms with Gasteiger partial charge in [0.25, 0.3) is 0 Å². The average Bonchev–Trinajstić information content (AvgIpc) is 2.82. The van der Waals surface area contributed by atoms with Gasteiger partial charge in [-0.25, -0.2) is 9.78 Å². The molecule has 0 saturated carbocycles. The molecule has 1 unspecified atom stereocenters. The first kappa shape index (κ1) is 16.8. The maximum Gasteiger partial charge on any atom is 0.490 e. The topological polar surface area (TPSA) is 144 Å². The number of hydrogen-bond donors (Lipinski definition) is 4. The van der Waals surface area contributed by atoms with Crippen molar-refractivity contribution in [1.82, 2.24) is 20.2 Å². The summed E-state index contributed by atoms with van der Waals surface area (Å²) in [5, 5.41) is 14.7. The Morgan fingerprint density at radius 1 is 1.48 bits per heavy atom. The molecule has 0 radical (unpaired) electrons. The molecule has 2 aromatic heterocycles. The maximum atomic E-state index is 10.6. The smallest absolute Gasteiger partial charge is 0.475 e. The number of carboxylic acid groups (broad SMARTS) is 1. The number of H-pyrrole nitrogens is 1. The van der Waals surface area contributed by atoms with E-state index in [1.165, 1.54) is 0 Å². The van der Waals surface area contributed by atoms with Gasteiger partial charge in [-0.1, -0.05) is 0 Å². The Hall–Kier alpha value is -2.27. The lowest BCUT2D eigenvalue weighted by Crippen LogP contribution is -2.21. The number of nitrogens with zero attached hydrogens (tertiary/aromatic N) is 3. The third-order valence-electron chi connectivity index (χ3n) is 2.26. The molecular weight excluding hydrogens is 293 g/mol. The van der Waals surface area contributed by atoms with E-state index in [1.807, 2.05) is 6.07 Å². The van der Waals surface area contributed by atoms with Crippen molar-refractivity contribution in [3.05, 3.63) is 18.1 Å². The third-order valence-corrected chi connectivity index (χ3v) is 2.26. The summed E-state index contributed by atoms with van der Waals surface area (Å²) in [6, 6.07) is 1.66. The number of hydrogen-bond acceptors (Lipinski definition) is 6. The fourth-order valence-electron chi connectivity index (χ4n) is 1.28. The number of imidazole rings is 1. The molecule has 0 aliphatic rings. The quantitative estimate of drug-likeness (QED) is 0.639. The predicted octanol–water partition coefficient (Wildman–Crippen LogP) is 0.335. The molecule has 0 aliphatic heterocycles. The van der Waals surface area contributed by atoms with Gasteiger partial charge in [-0.15, -0.1) is 5.10 Å². The second-order valence-electron chi connectivity index (χ2n) is 3.88. The maximum absolute atomic E-state index is 10.6. The van der Waals surface area contributed by atoms with Crippen molar-refractivity contribution in [2.45, 2.75) is 18.6 Å². The van der Waals surface area contributed by atoms with Gasteiger partial charge in [0.15, 0.2) is 5.65 Å². The SMILES string of the molecule is NCCC(N)c1nc2nnccc2[nH]1.O=C(O)C(F)(F)F. The Morgan fingerprint density at radius 3 is 2.57 bits per heavy atom. The Labute approximate surface area is 116 Å². The molecule has 0 fully saturated rings. The summed E-state index contributed by atoms with van der Waals surface area (Å²) in [6.45, 7) is 0.546. The molecule has 11 heteroatoms. The van der Waals surface area contributed by atoms with Gasteiger partial charge in [0.1, 0.15) is 5.82 Å². The molecular formula is C10H13F3N6O2. The molecule has 0 amide bonds. The summed E-state index contributed by atoms with van der Waals surface area (Å²) in [7, 11) is 0. The van der Waals surface area contributed by atoms with Crippen LogP contribution in [-0.2, 0) is 4.79 Å². The van der Waals surface area contributed by atoms with Crippen LogP contribution in [0.15, 0.2) is 12.3 Å². The first-order chi connectivity index (χ1) is 9.75. The number of rotatable bonds is 3. The van der Waals surface area contributed by atoms with E-state index in [1.54, 1.807) is 6.20 Å². The zero-order chi connectivity index (χ0) is 16.0. The van der Waals surface area contributed by atoms with Crippen LogP contribution in [0.1, 0.15) is 18.3 Å². The van der Waals surface area contributed by atoms with E-state index < -0.39 is 12.1 Å². The molecule has 6 N–H and O–H groups in total. The number of halogens is 3. The summed E-state index contributed by atoms with van der Waals surface area (Å²) in [6.07, 6.45) is -2.77. The van der Waals surface area contributed by atoms with Crippen molar-refractivity contribution < 1.29 is 23.1 Å². The van der Waals surface area contributed by atoms with Crippen LogP contribution in [0.4, 0.5) is 13.2 Å². The highest BCUT2D eigenvalue weighted by Crippen LogP contribution is 2.13. The van der Waals surface area contributed by atoms with Crippen molar-refractivity contribution in [2.75, 3.05) is 6.54 Å². The Kier molecular flexibility index (Phi) is 5.55. The molecule has 0 aliphatic carbocycles. The lowest BCUT2D eigenvalue weighted by Gasteiger charge is -2.04. The van der Waals surface area contributed by atoms with E-state index >= 15 is 0 Å². The van der Waals surface area contributed by atoms with Crippen LogP contribution in [0.5, 0.6) is 0 Å². The number of nitrogens with one attached hydrogen (secondary N) is 1. The lowest BCUT2D eigenvalue weighted by atomic mass is 10.2. The minimum atomic E-state index is -5.08. The summed E-state index contributed by atoms with van der Waals surface area (Å²) in [5.41, 5.74) is 12.7. The highest BCUT2D eigenvalue weighted by molar-refractivity contribution is 5.73. The van der Waals surface area contributed by atoms with Crippen LogP contribution in [0.2, 0.25) is 0 Å². The third kappa shape index (κ3) is 4.96. The highest BCUT2D eigenvalue weighted by atomic mass is 19.4. The summed E-state index contributed by atoms with van der Waals surface area (Å²) in [5.74, 6) is -2.04. The largest absolute Gasteiger partial charge is 0.490 e. The van der Waals surface area contributed by atoms with Gasteiger partial charge in [0, 0.05) is 0 Å². The zero-order valence-electron chi connectivity index (χ0n) is 10.6. The van der Waals surface area contributed by atoms with Gasteiger partial charge >= 0.3 is 12.1 Å². The fraction of sp³-hybridized carbons (Fsp3) is 0.400. The second-order valence-corrected chi connectivity index (χ2v) is 3.88. The molecule has 8 nitrogen and oxygen atoms in total. The Morgan fingerprint density at radius 2 is 2.10 bits per heavy atom. The Bertz CT molecular complexity index is 567. The van der Waals surface area contributed by atoms with E-state index in [4.69, 9.17) is 21.4 Å². The molecule has 1 atom stereocenters. The highest BCUT2D eigenvalue weighted by Gasteiger charge is 2.38. The van der Waals surface area contributed by atoms with Crippen LogP contribution in [0, 0.1) is 0 Å². The van der Waals surface area contributed by atoms with Gasteiger partial charge in [0.2, 0.25) is 0 Å². The van der Waals surface area contributed by atoms with Crippen LogP contribution >= 0.6 is 0 Å². The van der Waals surface area contributed by atoms with Crippen molar-refractivity contribution in [3.63, 3.8) is 0 Å². The molecule has 21 heavy (non-hydrogen) atoms. The zero-order valence-corrected chi connectivity index (χ0v) is 10.6. The van der Waals surface area contributed by atoms with Crippen molar-refractivity contribution in [3.8, 4) is 0 Å². The number of aliphatic carboxylic acids is 1. The van der Waals surface area contributed by atoms with Crippen molar-refractivity contribution >= 4 is 17.1 Å². The first-order valence-corrected chi connectivity index (χ1v) is 5.68. The lowest BCUT2D eigenvalue weighted by molar-refractivity contribution is -0.192. The van der Waals surface area contributed by atoms with Crippen LogP contribution < -0.4 is 11.5 Å². The van der Waals surface area contributed by atoms with Crippen LogP contribution in [-0.4, -0.2) is 44.0 Å².